The molecule has 0 aliphatic carbocycles. The molecule has 0 saturated carbocycles. The van der Waals surface area contributed by atoms with E-state index in [0.29, 0.717) is 23.5 Å². The fourth-order valence-electron chi connectivity index (χ4n) is 3.61. The molecular weight excluding hydrogens is 436 g/mol. The number of nitrogens with two attached hydrogens (primary N) is 1. The van der Waals surface area contributed by atoms with Gasteiger partial charge < -0.3 is 16.4 Å². The molecule has 35 heavy (non-hydrogen) atoms. The van der Waals surface area contributed by atoms with Crippen LogP contribution in [0.5, 0.6) is 0 Å². The van der Waals surface area contributed by atoms with Crippen molar-refractivity contribution >= 4 is 29.1 Å². The first kappa shape index (κ1) is 23.2. The van der Waals surface area contributed by atoms with Crippen LogP contribution in [0.4, 0.5) is 17.2 Å². The number of anilines is 2. The second-order valence-corrected chi connectivity index (χ2v) is 7.87. The Bertz CT molecular complexity index is 1410. The number of guanidine groups is 1. The van der Waals surface area contributed by atoms with Gasteiger partial charge in [-0.05, 0) is 54.4 Å². The summed E-state index contributed by atoms with van der Waals surface area (Å²) in [5, 5.41) is 15.1. The normalized spacial score (nSPS) is 10.9. The number of aromatic nitrogens is 1. The summed E-state index contributed by atoms with van der Waals surface area (Å²) in [6.07, 6.45) is 0.327. The van der Waals surface area contributed by atoms with Gasteiger partial charge in [0.15, 0.2) is 11.8 Å². The van der Waals surface area contributed by atoms with Crippen LogP contribution >= 0.6 is 0 Å². The van der Waals surface area contributed by atoms with Gasteiger partial charge in [0.25, 0.3) is 0 Å². The zero-order valence-corrected chi connectivity index (χ0v) is 19.2. The first-order chi connectivity index (χ1) is 17.0. The lowest BCUT2D eigenvalue weighted by molar-refractivity contribution is -0.115. The van der Waals surface area contributed by atoms with Gasteiger partial charge in [0, 0.05) is 16.9 Å². The molecule has 0 aliphatic rings. The Morgan fingerprint density at radius 3 is 2.37 bits per heavy atom. The molecule has 172 valence electrons. The fraction of sp³-hybridized carbons (Fsp3) is 0.0714. The lowest BCUT2D eigenvalue weighted by Gasteiger charge is -2.10. The van der Waals surface area contributed by atoms with E-state index in [2.05, 4.69) is 26.7 Å². The van der Waals surface area contributed by atoms with Crippen LogP contribution < -0.4 is 16.4 Å². The number of amides is 1. The molecule has 1 amide bonds. The lowest BCUT2D eigenvalue weighted by atomic mass is 10.0. The van der Waals surface area contributed by atoms with E-state index in [1.807, 2.05) is 73.7 Å². The first-order valence-electron chi connectivity index (χ1n) is 11.0. The summed E-state index contributed by atoms with van der Waals surface area (Å²) >= 11 is 0. The van der Waals surface area contributed by atoms with E-state index in [1.165, 1.54) is 0 Å². The number of nitrogens with one attached hydrogen (secondary N) is 2. The van der Waals surface area contributed by atoms with Gasteiger partial charge in [0.1, 0.15) is 6.07 Å². The number of pyridine rings is 1. The minimum atomic E-state index is -0.0624. The highest BCUT2D eigenvalue weighted by atomic mass is 16.1. The molecule has 7 nitrogen and oxygen atoms in total. The van der Waals surface area contributed by atoms with Gasteiger partial charge in [0.2, 0.25) is 5.91 Å². The molecule has 3 aromatic carbocycles. The third-order valence-electron chi connectivity index (χ3n) is 5.30. The number of hydrogen-bond acceptors (Lipinski definition) is 4. The molecule has 0 unspecified atom stereocenters. The molecule has 0 spiro atoms. The van der Waals surface area contributed by atoms with Gasteiger partial charge in [-0.2, -0.15) is 10.3 Å². The summed E-state index contributed by atoms with van der Waals surface area (Å²) in [5.41, 5.74) is 11.5. The third kappa shape index (κ3) is 6.09. The molecule has 4 rings (SSSR count). The predicted molar refractivity (Wildman–Crippen MR) is 139 cm³/mol. The van der Waals surface area contributed by atoms with Crippen LogP contribution in [0.3, 0.4) is 0 Å². The highest BCUT2D eigenvalue weighted by Gasteiger charge is 2.08. The van der Waals surface area contributed by atoms with Gasteiger partial charge in [-0.1, -0.05) is 54.6 Å². The average molecular weight is 461 g/mol. The Morgan fingerprint density at radius 2 is 1.66 bits per heavy atom. The summed E-state index contributed by atoms with van der Waals surface area (Å²) < 4.78 is 0. The van der Waals surface area contributed by atoms with Gasteiger partial charge in [-0.15, -0.1) is 0 Å². The van der Waals surface area contributed by atoms with Crippen molar-refractivity contribution in [3.63, 3.8) is 0 Å². The highest BCUT2D eigenvalue weighted by molar-refractivity contribution is 5.95. The standard InChI is InChI=1S/C28H24N6O/c1-19-24(15-16-26(31-19)34-28(30)33-25-10-6-5-9-22(25)18-29)21-11-13-23(14-12-21)32-27(35)17-20-7-3-2-4-8-20/h2-16H,17H2,1H3,(H,32,35)(H3,30,31,33,34). The van der Waals surface area contributed by atoms with Crippen molar-refractivity contribution < 1.29 is 4.79 Å². The van der Waals surface area contributed by atoms with E-state index in [0.717, 1.165) is 28.1 Å². The predicted octanol–water partition coefficient (Wildman–Crippen LogP) is 5.17. The number of aliphatic imine (C=N–C) groups is 1. The molecule has 0 fully saturated rings. The van der Waals surface area contributed by atoms with Crippen molar-refractivity contribution in [1.29, 1.82) is 5.26 Å². The fourth-order valence-corrected chi connectivity index (χ4v) is 3.61. The zero-order chi connectivity index (χ0) is 24.6. The summed E-state index contributed by atoms with van der Waals surface area (Å²) in [7, 11) is 0. The highest BCUT2D eigenvalue weighted by Crippen LogP contribution is 2.26. The topological polar surface area (TPSA) is 116 Å². The molecule has 7 heteroatoms. The number of nitriles is 1. The van der Waals surface area contributed by atoms with E-state index >= 15 is 0 Å². The van der Waals surface area contributed by atoms with Crippen molar-refractivity contribution in [3.05, 3.63) is 108 Å². The molecule has 1 aromatic heterocycles. The zero-order valence-electron chi connectivity index (χ0n) is 19.2. The summed E-state index contributed by atoms with van der Waals surface area (Å²) in [6, 6.07) is 30.1. The molecule has 4 N–H and O–H groups in total. The smallest absolute Gasteiger partial charge is 0.228 e. The molecule has 0 atom stereocenters. The van der Waals surface area contributed by atoms with Gasteiger partial charge in [0.05, 0.1) is 17.7 Å². The van der Waals surface area contributed by atoms with Crippen LogP contribution in [0.1, 0.15) is 16.8 Å². The van der Waals surface area contributed by atoms with Crippen molar-refractivity contribution in [2.45, 2.75) is 13.3 Å². The van der Waals surface area contributed by atoms with Crippen molar-refractivity contribution in [3.8, 4) is 17.2 Å². The van der Waals surface area contributed by atoms with E-state index in [1.54, 1.807) is 24.3 Å². The van der Waals surface area contributed by atoms with E-state index in [-0.39, 0.29) is 11.9 Å². The number of nitrogens with zero attached hydrogens (tertiary/aromatic N) is 3. The van der Waals surface area contributed by atoms with Gasteiger partial charge in [-0.25, -0.2) is 4.98 Å². The summed E-state index contributed by atoms with van der Waals surface area (Å²) in [4.78, 5) is 21.2. The van der Waals surface area contributed by atoms with Gasteiger partial charge in [-0.3, -0.25) is 4.79 Å². The Balaban J connectivity index is 1.43. The maximum atomic E-state index is 12.3. The average Bonchev–Trinajstić information content (AvgIpc) is 2.85. The van der Waals surface area contributed by atoms with Crippen LogP contribution in [0, 0.1) is 18.3 Å². The number of aryl methyl sites for hydroxylation is 1. The number of benzene rings is 3. The Hall–Kier alpha value is -4.96. The van der Waals surface area contributed by atoms with Crippen LogP contribution in [0.25, 0.3) is 11.1 Å². The van der Waals surface area contributed by atoms with E-state index in [4.69, 9.17) is 5.73 Å². The van der Waals surface area contributed by atoms with Crippen LogP contribution in [0.2, 0.25) is 0 Å². The van der Waals surface area contributed by atoms with Crippen molar-refractivity contribution in [2.75, 3.05) is 10.6 Å². The SMILES string of the molecule is Cc1nc(N=C(N)Nc2ccccc2C#N)ccc1-c1ccc(NC(=O)Cc2ccccc2)cc1. The van der Waals surface area contributed by atoms with Crippen LogP contribution in [0.15, 0.2) is 96.0 Å². The maximum Gasteiger partial charge on any atom is 0.228 e. The first-order valence-corrected chi connectivity index (χ1v) is 11.0. The van der Waals surface area contributed by atoms with E-state index < -0.39 is 0 Å². The number of hydrogen-bond donors (Lipinski definition) is 3. The second-order valence-electron chi connectivity index (χ2n) is 7.87. The second kappa shape index (κ2) is 10.8. The maximum absolute atomic E-state index is 12.3. The number of para-hydroxylation sites is 1. The lowest BCUT2D eigenvalue weighted by Crippen LogP contribution is -2.22. The number of carbonyl (C=O) groups is 1. The quantitative estimate of drug-likeness (QED) is 0.271. The molecule has 0 bridgehead atoms. The molecule has 4 aromatic rings. The van der Waals surface area contributed by atoms with Crippen LogP contribution in [-0.2, 0) is 11.2 Å². The van der Waals surface area contributed by atoms with Gasteiger partial charge >= 0.3 is 0 Å². The van der Waals surface area contributed by atoms with Crippen molar-refractivity contribution in [1.82, 2.24) is 4.98 Å². The molecular formula is C28H24N6O. The van der Waals surface area contributed by atoms with E-state index in [9.17, 15) is 10.1 Å². The minimum absolute atomic E-state index is 0.0624. The van der Waals surface area contributed by atoms with Crippen LogP contribution in [-0.4, -0.2) is 16.9 Å². The molecule has 1 heterocycles. The molecule has 0 aliphatic heterocycles. The summed E-state index contributed by atoms with van der Waals surface area (Å²) in [6.45, 7) is 1.90. The Labute approximate surface area is 204 Å². The largest absolute Gasteiger partial charge is 0.369 e. The molecule has 0 radical (unpaired) electrons. The Morgan fingerprint density at radius 1 is 0.943 bits per heavy atom. The Kier molecular flexibility index (Phi) is 7.14. The van der Waals surface area contributed by atoms with Crippen molar-refractivity contribution in [2.24, 2.45) is 10.7 Å². The third-order valence-corrected chi connectivity index (χ3v) is 5.30. The minimum Gasteiger partial charge on any atom is -0.369 e. The number of carbonyl (C=O) groups excluding carboxylic acids is 1. The summed E-state index contributed by atoms with van der Waals surface area (Å²) in [5.74, 6) is 0.533. The monoisotopic (exact) mass is 460 g/mol. The molecule has 0 saturated heterocycles. The number of rotatable bonds is 6.